The maximum atomic E-state index is 12.9. The van der Waals surface area contributed by atoms with Crippen LogP contribution in [-0.2, 0) is 16.0 Å². The van der Waals surface area contributed by atoms with Gasteiger partial charge in [-0.25, -0.2) is 0 Å². The van der Waals surface area contributed by atoms with Crippen molar-refractivity contribution in [3.8, 4) is 0 Å². The Labute approximate surface area is 178 Å². The van der Waals surface area contributed by atoms with E-state index >= 15 is 0 Å². The molecule has 160 valence electrons. The van der Waals surface area contributed by atoms with Crippen molar-refractivity contribution >= 4 is 23.2 Å². The van der Waals surface area contributed by atoms with E-state index in [2.05, 4.69) is 29.4 Å². The first kappa shape index (κ1) is 22.0. The normalized spacial score (nSPS) is 15.4. The highest BCUT2D eigenvalue weighted by molar-refractivity contribution is 6.10. The molecule has 2 amide bonds. The molecule has 30 heavy (non-hydrogen) atoms. The third-order valence-corrected chi connectivity index (χ3v) is 5.55. The van der Waals surface area contributed by atoms with E-state index in [0.717, 1.165) is 50.4 Å². The largest absolute Gasteiger partial charge is 0.379 e. The lowest BCUT2D eigenvalue weighted by Crippen LogP contribution is -2.42. The van der Waals surface area contributed by atoms with Crippen molar-refractivity contribution in [1.29, 1.82) is 0 Å². The highest BCUT2D eigenvalue weighted by Crippen LogP contribution is 2.21. The first-order valence-electron chi connectivity index (χ1n) is 10.7. The van der Waals surface area contributed by atoms with E-state index in [1.807, 2.05) is 30.3 Å². The Morgan fingerprint density at radius 2 is 1.67 bits per heavy atom. The summed E-state index contributed by atoms with van der Waals surface area (Å²) in [4.78, 5) is 27.8. The predicted molar refractivity (Wildman–Crippen MR) is 120 cm³/mol. The second-order valence-corrected chi connectivity index (χ2v) is 7.59. The zero-order valence-electron chi connectivity index (χ0n) is 17.8. The fourth-order valence-corrected chi connectivity index (χ4v) is 3.68. The molecule has 1 atom stereocenters. The Morgan fingerprint density at radius 3 is 2.40 bits per heavy atom. The number of carbonyl (C=O) groups is 2. The second kappa shape index (κ2) is 10.9. The van der Waals surface area contributed by atoms with Crippen LogP contribution in [0.15, 0.2) is 48.5 Å². The van der Waals surface area contributed by atoms with Crippen LogP contribution in [-0.4, -0.2) is 49.1 Å². The molecule has 2 aromatic rings. The van der Waals surface area contributed by atoms with E-state index in [4.69, 9.17) is 4.74 Å². The first-order valence-corrected chi connectivity index (χ1v) is 10.7. The van der Waals surface area contributed by atoms with Gasteiger partial charge in [-0.1, -0.05) is 37.3 Å². The summed E-state index contributed by atoms with van der Waals surface area (Å²) < 4.78 is 5.39. The first-order chi connectivity index (χ1) is 14.6. The summed E-state index contributed by atoms with van der Waals surface area (Å²) in [7, 11) is 0. The number of benzene rings is 2. The molecule has 3 rings (SSSR count). The number of hydrogen-bond acceptors (Lipinski definition) is 4. The van der Waals surface area contributed by atoms with Crippen LogP contribution in [0.25, 0.3) is 0 Å². The minimum Gasteiger partial charge on any atom is -0.379 e. The van der Waals surface area contributed by atoms with Gasteiger partial charge < -0.3 is 15.4 Å². The van der Waals surface area contributed by atoms with Crippen LogP contribution >= 0.6 is 0 Å². The molecule has 0 aliphatic carbocycles. The van der Waals surface area contributed by atoms with Crippen LogP contribution in [0.1, 0.15) is 42.6 Å². The topological polar surface area (TPSA) is 70.7 Å². The predicted octanol–water partition coefficient (Wildman–Crippen LogP) is 3.94. The summed E-state index contributed by atoms with van der Waals surface area (Å²) in [6.07, 6.45) is 2.01. The summed E-state index contributed by atoms with van der Waals surface area (Å²) in [6, 6.07) is 15.2. The molecule has 1 aliphatic heterocycles. The van der Waals surface area contributed by atoms with Crippen LogP contribution < -0.4 is 10.6 Å². The molecule has 2 aromatic carbocycles. The van der Waals surface area contributed by atoms with Crippen molar-refractivity contribution in [3.05, 3.63) is 59.7 Å². The van der Waals surface area contributed by atoms with Gasteiger partial charge in [0, 0.05) is 31.2 Å². The van der Waals surface area contributed by atoms with Gasteiger partial charge in [0.05, 0.1) is 24.5 Å². The Balaban J connectivity index is 1.60. The number of nitrogens with one attached hydrogen (secondary N) is 2. The van der Waals surface area contributed by atoms with Crippen LogP contribution in [0.2, 0.25) is 0 Å². The molecular weight excluding hydrogens is 378 g/mol. The van der Waals surface area contributed by atoms with Gasteiger partial charge in [-0.05, 0) is 43.5 Å². The molecule has 6 nitrogen and oxygen atoms in total. The molecule has 0 bridgehead atoms. The summed E-state index contributed by atoms with van der Waals surface area (Å²) in [5, 5.41) is 5.90. The van der Waals surface area contributed by atoms with Gasteiger partial charge in [-0.15, -0.1) is 0 Å². The van der Waals surface area contributed by atoms with Crippen LogP contribution in [0.3, 0.4) is 0 Å². The quantitative estimate of drug-likeness (QED) is 0.693. The molecule has 1 fully saturated rings. The summed E-state index contributed by atoms with van der Waals surface area (Å²) in [5.41, 5.74) is 2.86. The average Bonchev–Trinajstić information content (AvgIpc) is 2.78. The van der Waals surface area contributed by atoms with E-state index in [1.54, 1.807) is 18.2 Å². The van der Waals surface area contributed by atoms with Crippen molar-refractivity contribution in [2.45, 2.75) is 39.2 Å². The minimum atomic E-state index is -0.228. The molecule has 0 unspecified atom stereocenters. The van der Waals surface area contributed by atoms with Crippen LogP contribution in [0.5, 0.6) is 0 Å². The number of rotatable bonds is 8. The van der Waals surface area contributed by atoms with Crippen molar-refractivity contribution in [2.75, 3.05) is 36.9 Å². The fourth-order valence-electron chi connectivity index (χ4n) is 3.68. The van der Waals surface area contributed by atoms with E-state index in [1.165, 1.54) is 0 Å². The molecule has 1 aliphatic rings. The van der Waals surface area contributed by atoms with Crippen LogP contribution in [0.4, 0.5) is 11.4 Å². The SMILES string of the molecule is CCc1ccccc1NC(=O)c1ccccc1NC(=O)CC[C@H](C)N1CCOCC1. The molecule has 0 aromatic heterocycles. The zero-order valence-corrected chi connectivity index (χ0v) is 17.8. The lowest BCUT2D eigenvalue weighted by molar-refractivity contribution is -0.116. The van der Waals surface area contributed by atoms with Crippen molar-refractivity contribution in [1.82, 2.24) is 4.90 Å². The van der Waals surface area contributed by atoms with Gasteiger partial charge in [0.1, 0.15) is 0 Å². The maximum absolute atomic E-state index is 12.9. The fraction of sp³-hybridized carbons (Fsp3) is 0.417. The van der Waals surface area contributed by atoms with E-state index in [0.29, 0.717) is 23.7 Å². The molecule has 6 heteroatoms. The number of amides is 2. The Bertz CT molecular complexity index is 862. The standard InChI is InChI=1S/C24H31N3O3/c1-3-19-8-4-6-10-21(19)26-24(29)20-9-5-7-11-22(20)25-23(28)13-12-18(2)27-14-16-30-17-15-27/h4-11,18H,3,12-17H2,1-2H3,(H,25,28)(H,26,29)/t18-/m0/s1. The summed E-state index contributed by atoms with van der Waals surface area (Å²) in [6.45, 7) is 7.51. The number of carbonyl (C=O) groups excluding carboxylic acids is 2. The van der Waals surface area contributed by atoms with Crippen molar-refractivity contribution in [2.24, 2.45) is 0 Å². The second-order valence-electron chi connectivity index (χ2n) is 7.59. The van der Waals surface area contributed by atoms with Gasteiger partial charge in [0.2, 0.25) is 5.91 Å². The van der Waals surface area contributed by atoms with Crippen molar-refractivity contribution < 1.29 is 14.3 Å². The highest BCUT2D eigenvalue weighted by atomic mass is 16.5. The number of hydrogen-bond donors (Lipinski definition) is 2. The van der Waals surface area contributed by atoms with E-state index in [-0.39, 0.29) is 11.8 Å². The highest BCUT2D eigenvalue weighted by Gasteiger charge is 2.19. The third-order valence-electron chi connectivity index (χ3n) is 5.55. The van der Waals surface area contributed by atoms with Crippen LogP contribution in [0, 0.1) is 0 Å². The van der Waals surface area contributed by atoms with Gasteiger partial charge in [0.15, 0.2) is 0 Å². The van der Waals surface area contributed by atoms with Gasteiger partial charge in [0.25, 0.3) is 5.91 Å². The number of aryl methyl sites for hydroxylation is 1. The number of ether oxygens (including phenoxy) is 1. The smallest absolute Gasteiger partial charge is 0.257 e. The minimum absolute atomic E-state index is 0.0793. The molecular formula is C24H31N3O3. The number of para-hydroxylation sites is 2. The Morgan fingerprint density at radius 1 is 1.00 bits per heavy atom. The van der Waals surface area contributed by atoms with Gasteiger partial charge in [-0.3, -0.25) is 14.5 Å². The monoisotopic (exact) mass is 409 g/mol. The third kappa shape index (κ3) is 5.90. The molecule has 1 saturated heterocycles. The van der Waals surface area contributed by atoms with E-state index in [9.17, 15) is 9.59 Å². The Hall–Kier alpha value is -2.70. The van der Waals surface area contributed by atoms with Gasteiger partial charge >= 0.3 is 0 Å². The van der Waals surface area contributed by atoms with Crippen molar-refractivity contribution in [3.63, 3.8) is 0 Å². The molecule has 0 saturated carbocycles. The zero-order chi connectivity index (χ0) is 21.3. The lowest BCUT2D eigenvalue weighted by Gasteiger charge is -2.32. The molecule has 2 N–H and O–H groups in total. The van der Waals surface area contributed by atoms with Gasteiger partial charge in [-0.2, -0.15) is 0 Å². The maximum Gasteiger partial charge on any atom is 0.257 e. The van der Waals surface area contributed by atoms with E-state index < -0.39 is 0 Å². The molecule has 0 radical (unpaired) electrons. The Kier molecular flexibility index (Phi) is 7.99. The molecule has 0 spiro atoms. The summed E-state index contributed by atoms with van der Waals surface area (Å²) in [5.74, 6) is -0.308. The number of morpholine rings is 1. The number of nitrogens with zero attached hydrogens (tertiary/aromatic N) is 1. The summed E-state index contributed by atoms with van der Waals surface area (Å²) >= 11 is 0. The molecule has 1 heterocycles. The number of anilines is 2. The lowest BCUT2D eigenvalue weighted by atomic mass is 10.1. The average molecular weight is 410 g/mol.